The van der Waals surface area contributed by atoms with Crippen molar-refractivity contribution in [3.8, 4) is 0 Å². The summed E-state index contributed by atoms with van der Waals surface area (Å²) >= 11 is 0. The molecule has 2 fully saturated rings. The molecule has 2 nitrogen and oxygen atoms in total. The van der Waals surface area contributed by atoms with Gasteiger partial charge in [-0.1, -0.05) is 31.0 Å². The Kier molecular flexibility index (Phi) is 2.49. The van der Waals surface area contributed by atoms with Crippen molar-refractivity contribution < 1.29 is 4.42 Å². The number of fused-ring (bicyclic) bond motifs is 2. The van der Waals surface area contributed by atoms with Crippen LogP contribution in [0.3, 0.4) is 0 Å². The molecule has 1 aromatic heterocycles. The van der Waals surface area contributed by atoms with Gasteiger partial charge >= 0.3 is 0 Å². The van der Waals surface area contributed by atoms with Gasteiger partial charge in [0.1, 0.15) is 11.3 Å². The van der Waals surface area contributed by atoms with Crippen LogP contribution in [0.15, 0.2) is 28.7 Å². The van der Waals surface area contributed by atoms with Crippen molar-refractivity contribution in [2.75, 3.05) is 0 Å². The molecule has 2 N–H and O–H groups in total. The van der Waals surface area contributed by atoms with E-state index in [-0.39, 0.29) is 6.04 Å². The van der Waals surface area contributed by atoms with E-state index in [0.717, 1.165) is 23.2 Å². The maximum atomic E-state index is 6.48. The highest BCUT2D eigenvalue weighted by molar-refractivity contribution is 5.81. The molecule has 2 aliphatic rings. The molecule has 0 aliphatic heterocycles. The Hall–Kier alpha value is -1.28. The van der Waals surface area contributed by atoms with E-state index in [1.54, 1.807) is 0 Å². The second-order valence-corrected chi connectivity index (χ2v) is 6.36. The lowest BCUT2D eigenvalue weighted by Crippen LogP contribution is -2.13. The first kappa shape index (κ1) is 11.5. The number of furan rings is 1. The fourth-order valence-corrected chi connectivity index (χ4v) is 4.16. The van der Waals surface area contributed by atoms with Crippen LogP contribution in [0, 0.1) is 24.7 Å². The molecule has 0 radical (unpaired) electrons. The molecular formula is C17H21NO. The molecule has 0 spiro atoms. The third-order valence-corrected chi connectivity index (χ3v) is 5.23. The maximum absolute atomic E-state index is 6.48. The van der Waals surface area contributed by atoms with Crippen molar-refractivity contribution in [1.29, 1.82) is 0 Å². The number of aryl methyl sites for hydroxylation is 1. The topological polar surface area (TPSA) is 39.2 Å². The molecule has 1 heterocycles. The summed E-state index contributed by atoms with van der Waals surface area (Å²) in [6, 6.07) is 8.54. The molecule has 0 saturated heterocycles. The standard InChI is InChI=1S/C17H21NO/c1-10-5-4-6-11-9-14(19-17(10)11)16(18)15-12-7-2-3-8-13(12)15/h4-6,9,12-13,15-16H,2-3,7-8,18H2,1H3. The summed E-state index contributed by atoms with van der Waals surface area (Å²) in [6.07, 6.45) is 5.54. The van der Waals surface area contributed by atoms with Gasteiger partial charge in [-0.3, -0.25) is 0 Å². The van der Waals surface area contributed by atoms with Crippen molar-refractivity contribution in [3.63, 3.8) is 0 Å². The number of para-hydroxylation sites is 1. The van der Waals surface area contributed by atoms with E-state index in [1.165, 1.54) is 36.6 Å². The molecule has 0 amide bonds. The zero-order valence-corrected chi connectivity index (χ0v) is 11.4. The molecule has 4 rings (SSSR count). The first-order valence-corrected chi connectivity index (χ1v) is 7.50. The Morgan fingerprint density at radius 3 is 2.63 bits per heavy atom. The van der Waals surface area contributed by atoms with Crippen LogP contribution in [0.2, 0.25) is 0 Å². The highest BCUT2D eigenvalue weighted by atomic mass is 16.3. The van der Waals surface area contributed by atoms with Gasteiger partial charge in [0.25, 0.3) is 0 Å². The second kappa shape index (κ2) is 4.11. The summed E-state index contributed by atoms with van der Waals surface area (Å²) in [6.45, 7) is 2.10. The Labute approximate surface area is 114 Å². The fraction of sp³-hybridized carbons (Fsp3) is 0.529. The molecule has 3 atom stereocenters. The van der Waals surface area contributed by atoms with E-state index in [1.807, 2.05) is 0 Å². The predicted molar refractivity (Wildman–Crippen MR) is 76.8 cm³/mol. The average molecular weight is 255 g/mol. The van der Waals surface area contributed by atoms with Crippen LogP contribution in [0.5, 0.6) is 0 Å². The van der Waals surface area contributed by atoms with Crippen LogP contribution in [0.4, 0.5) is 0 Å². The summed E-state index contributed by atoms with van der Waals surface area (Å²) in [4.78, 5) is 0. The zero-order valence-electron chi connectivity index (χ0n) is 11.4. The lowest BCUT2D eigenvalue weighted by molar-refractivity contribution is 0.442. The summed E-state index contributed by atoms with van der Waals surface area (Å²) in [5.74, 6) is 3.41. The molecule has 2 aromatic rings. The minimum Gasteiger partial charge on any atom is -0.459 e. The normalized spacial score (nSPS) is 31.2. The van der Waals surface area contributed by atoms with Gasteiger partial charge in [0.15, 0.2) is 0 Å². The van der Waals surface area contributed by atoms with E-state index < -0.39 is 0 Å². The minimum atomic E-state index is 0.0971. The largest absolute Gasteiger partial charge is 0.459 e. The Morgan fingerprint density at radius 2 is 1.95 bits per heavy atom. The van der Waals surface area contributed by atoms with Gasteiger partial charge in [0, 0.05) is 5.39 Å². The van der Waals surface area contributed by atoms with Crippen LogP contribution >= 0.6 is 0 Å². The molecule has 19 heavy (non-hydrogen) atoms. The number of rotatable bonds is 2. The van der Waals surface area contributed by atoms with Gasteiger partial charge in [-0.05, 0) is 49.1 Å². The van der Waals surface area contributed by atoms with E-state index in [9.17, 15) is 0 Å². The van der Waals surface area contributed by atoms with Crippen LogP contribution in [-0.4, -0.2) is 0 Å². The third kappa shape index (κ3) is 1.73. The van der Waals surface area contributed by atoms with Crippen LogP contribution in [0.1, 0.15) is 43.0 Å². The van der Waals surface area contributed by atoms with E-state index >= 15 is 0 Å². The molecule has 1 aromatic carbocycles. The first-order chi connectivity index (χ1) is 9.25. The van der Waals surface area contributed by atoms with Gasteiger partial charge in [0.05, 0.1) is 6.04 Å². The third-order valence-electron chi connectivity index (χ3n) is 5.23. The Balaban J connectivity index is 1.65. The molecule has 2 saturated carbocycles. The average Bonchev–Trinajstić information content (AvgIpc) is 2.98. The number of hydrogen-bond donors (Lipinski definition) is 1. The smallest absolute Gasteiger partial charge is 0.137 e. The van der Waals surface area contributed by atoms with Gasteiger partial charge in [-0.2, -0.15) is 0 Å². The maximum Gasteiger partial charge on any atom is 0.137 e. The van der Waals surface area contributed by atoms with Gasteiger partial charge in [-0.25, -0.2) is 0 Å². The van der Waals surface area contributed by atoms with E-state index in [4.69, 9.17) is 10.2 Å². The number of benzene rings is 1. The number of nitrogens with two attached hydrogens (primary N) is 1. The highest BCUT2D eigenvalue weighted by Gasteiger charge is 2.54. The summed E-state index contributed by atoms with van der Waals surface area (Å²) in [5, 5.41) is 1.19. The van der Waals surface area contributed by atoms with Crippen molar-refractivity contribution in [2.45, 2.75) is 38.6 Å². The van der Waals surface area contributed by atoms with Crippen LogP contribution in [-0.2, 0) is 0 Å². The Bertz CT molecular complexity index is 603. The molecule has 0 bridgehead atoms. The van der Waals surface area contributed by atoms with Gasteiger partial charge in [0.2, 0.25) is 0 Å². The summed E-state index contributed by atoms with van der Waals surface area (Å²) in [7, 11) is 0. The lowest BCUT2D eigenvalue weighted by Gasteiger charge is -2.07. The molecule has 3 unspecified atom stereocenters. The second-order valence-electron chi connectivity index (χ2n) is 6.36. The molecule has 100 valence electrons. The Morgan fingerprint density at radius 1 is 1.21 bits per heavy atom. The minimum absolute atomic E-state index is 0.0971. The monoisotopic (exact) mass is 255 g/mol. The molecule has 2 aliphatic carbocycles. The molecule has 2 heteroatoms. The fourth-order valence-electron chi connectivity index (χ4n) is 4.16. The first-order valence-electron chi connectivity index (χ1n) is 7.50. The van der Waals surface area contributed by atoms with Gasteiger partial charge < -0.3 is 10.2 Å². The lowest BCUT2D eigenvalue weighted by atomic mass is 10.0. The van der Waals surface area contributed by atoms with Crippen molar-refractivity contribution >= 4 is 11.0 Å². The molecular weight excluding hydrogens is 234 g/mol. The van der Waals surface area contributed by atoms with Crippen molar-refractivity contribution in [2.24, 2.45) is 23.5 Å². The summed E-state index contributed by atoms with van der Waals surface area (Å²) < 4.78 is 6.04. The quantitative estimate of drug-likeness (QED) is 0.874. The van der Waals surface area contributed by atoms with E-state index in [0.29, 0.717) is 5.92 Å². The van der Waals surface area contributed by atoms with Crippen molar-refractivity contribution in [1.82, 2.24) is 0 Å². The van der Waals surface area contributed by atoms with Crippen LogP contribution in [0.25, 0.3) is 11.0 Å². The van der Waals surface area contributed by atoms with Gasteiger partial charge in [-0.15, -0.1) is 0 Å². The van der Waals surface area contributed by atoms with Crippen LogP contribution < -0.4 is 5.73 Å². The number of hydrogen-bond acceptors (Lipinski definition) is 2. The SMILES string of the molecule is Cc1cccc2cc(C(N)C3C4CCCCC43)oc12. The predicted octanol–water partition coefficient (Wildman–Crippen LogP) is 4.18. The highest BCUT2D eigenvalue weighted by Crippen LogP contribution is 2.59. The van der Waals surface area contributed by atoms with E-state index in [2.05, 4.69) is 31.2 Å². The zero-order chi connectivity index (χ0) is 13.0. The summed E-state index contributed by atoms with van der Waals surface area (Å²) in [5.41, 5.74) is 8.69. The van der Waals surface area contributed by atoms with Crippen molar-refractivity contribution in [3.05, 3.63) is 35.6 Å².